The highest BCUT2D eigenvalue weighted by Crippen LogP contribution is 2.42. The van der Waals surface area contributed by atoms with Crippen LogP contribution in [0.1, 0.15) is 22.9 Å². The summed E-state index contributed by atoms with van der Waals surface area (Å²) in [6, 6.07) is 14.3. The van der Waals surface area contributed by atoms with Crippen molar-refractivity contribution in [1.82, 2.24) is 4.98 Å². The van der Waals surface area contributed by atoms with Crippen LogP contribution < -0.4 is 14.8 Å². The van der Waals surface area contributed by atoms with E-state index in [1.54, 1.807) is 36.4 Å². The van der Waals surface area contributed by atoms with Crippen LogP contribution in [0.25, 0.3) is 5.76 Å². The Morgan fingerprint density at radius 2 is 1.79 bits per heavy atom. The first-order valence-corrected chi connectivity index (χ1v) is 11.7. The number of nitrogens with two attached hydrogens (primary N) is 1. The Balaban J connectivity index is 1.95. The van der Waals surface area contributed by atoms with E-state index in [0.717, 1.165) is 5.56 Å². The van der Waals surface area contributed by atoms with Gasteiger partial charge in [0.15, 0.2) is 0 Å². The van der Waals surface area contributed by atoms with Gasteiger partial charge in [0, 0.05) is 11.9 Å². The number of carbonyl (C=O) groups is 2. The number of ether oxygens (including phenoxy) is 1. The number of Topliss-reactive ketones (excluding diaryl/α,β-unsaturated/α-hetero) is 1. The molecular weight excluding hydrogens is 458 g/mol. The lowest BCUT2D eigenvalue weighted by atomic mass is 9.97. The van der Waals surface area contributed by atoms with Gasteiger partial charge in [0.05, 0.1) is 28.8 Å². The third-order valence-electron chi connectivity index (χ3n) is 5.47. The summed E-state index contributed by atoms with van der Waals surface area (Å²) in [6.07, 6.45) is 1.51. The monoisotopic (exact) mass is 479 g/mol. The molecule has 34 heavy (non-hydrogen) atoms. The van der Waals surface area contributed by atoms with E-state index in [-0.39, 0.29) is 21.7 Å². The summed E-state index contributed by atoms with van der Waals surface area (Å²) in [7, 11) is -2.52. The number of aliphatic hydroxyl groups excluding tert-OH is 1. The standard InChI is InChI=1S/C24H21N3O6S/c1-14-6-11-19(33-2)17(13-14)22(28)20-21(18-5-3-4-12-26-18)27(24(30)23(20)29)15-7-9-16(10-8-15)34(25,31)32/h3-13,21,28H,1-2H3,(H2,25,31,32)/b22-20+. The van der Waals surface area contributed by atoms with Gasteiger partial charge in [0.25, 0.3) is 11.7 Å². The van der Waals surface area contributed by atoms with Gasteiger partial charge in [-0.15, -0.1) is 0 Å². The van der Waals surface area contributed by atoms with Crippen LogP contribution in [0.5, 0.6) is 5.75 Å². The molecule has 4 rings (SSSR count). The number of methoxy groups -OCH3 is 1. The number of hydrogen-bond acceptors (Lipinski definition) is 7. The fourth-order valence-electron chi connectivity index (χ4n) is 3.86. The van der Waals surface area contributed by atoms with Crippen LogP contribution in [0.15, 0.2) is 77.3 Å². The van der Waals surface area contributed by atoms with Crippen LogP contribution in [0.4, 0.5) is 5.69 Å². The van der Waals surface area contributed by atoms with Gasteiger partial charge < -0.3 is 9.84 Å². The molecular formula is C24H21N3O6S. The van der Waals surface area contributed by atoms with E-state index < -0.39 is 33.5 Å². The van der Waals surface area contributed by atoms with Crippen molar-refractivity contribution in [3.63, 3.8) is 0 Å². The summed E-state index contributed by atoms with van der Waals surface area (Å²) in [6.45, 7) is 1.82. The molecule has 3 N–H and O–H groups in total. The lowest BCUT2D eigenvalue weighted by Gasteiger charge is -2.24. The normalized spacial score (nSPS) is 17.7. The highest BCUT2D eigenvalue weighted by atomic mass is 32.2. The number of amides is 1. The SMILES string of the molecule is COc1ccc(C)cc1/C(O)=C1\C(=O)C(=O)N(c2ccc(S(N)(=O)=O)cc2)C1c1ccccn1. The summed E-state index contributed by atoms with van der Waals surface area (Å²) in [5.74, 6) is -1.89. The van der Waals surface area contributed by atoms with Crippen molar-refractivity contribution >= 4 is 33.2 Å². The predicted molar refractivity (Wildman–Crippen MR) is 125 cm³/mol. The van der Waals surface area contributed by atoms with Crippen molar-refractivity contribution in [1.29, 1.82) is 0 Å². The number of ketones is 1. The minimum atomic E-state index is -3.95. The third kappa shape index (κ3) is 4.04. The number of nitrogens with zero attached hydrogens (tertiary/aromatic N) is 2. The molecule has 9 nitrogen and oxygen atoms in total. The molecule has 0 bridgehead atoms. The Kier molecular flexibility index (Phi) is 5.94. The Bertz CT molecular complexity index is 1420. The topological polar surface area (TPSA) is 140 Å². The molecule has 1 atom stereocenters. The zero-order valence-corrected chi connectivity index (χ0v) is 19.1. The van der Waals surface area contributed by atoms with Crippen LogP contribution in [0.2, 0.25) is 0 Å². The first kappa shape index (κ1) is 23.1. The highest BCUT2D eigenvalue weighted by molar-refractivity contribution is 7.89. The molecule has 10 heteroatoms. The molecule has 2 aromatic carbocycles. The maximum atomic E-state index is 13.2. The summed E-state index contributed by atoms with van der Waals surface area (Å²) in [4.78, 5) is 31.7. The molecule has 1 aliphatic heterocycles. The summed E-state index contributed by atoms with van der Waals surface area (Å²) in [5.41, 5.74) is 1.48. The van der Waals surface area contributed by atoms with Gasteiger partial charge in [0.1, 0.15) is 17.6 Å². The van der Waals surface area contributed by atoms with Crippen molar-refractivity contribution in [3.8, 4) is 5.75 Å². The number of rotatable bonds is 5. The molecule has 174 valence electrons. The molecule has 1 unspecified atom stereocenters. The Labute approximate surface area is 196 Å². The second kappa shape index (κ2) is 8.73. The Morgan fingerprint density at radius 3 is 2.38 bits per heavy atom. The lowest BCUT2D eigenvalue weighted by molar-refractivity contribution is -0.132. The molecule has 2 heterocycles. The second-order valence-corrected chi connectivity index (χ2v) is 9.23. The van der Waals surface area contributed by atoms with Crippen molar-refractivity contribution in [2.75, 3.05) is 12.0 Å². The van der Waals surface area contributed by atoms with E-state index in [0.29, 0.717) is 11.4 Å². The van der Waals surface area contributed by atoms with Crippen molar-refractivity contribution in [3.05, 3.63) is 89.3 Å². The number of pyridine rings is 1. The molecule has 0 aliphatic carbocycles. The largest absolute Gasteiger partial charge is 0.507 e. The van der Waals surface area contributed by atoms with E-state index in [1.807, 2.05) is 6.92 Å². The van der Waals surface area contributed by atoms with E-state index >= 15 is 0 Å². The van der Waals surface area contributed by atoms with Crippen molar-refractivity contribution < 1.29 is 27.9 Å². The van der Waals surface area contributed by atoms with Gasteiger partial charge in [-0.25, -0.2) is 13.6 Å². The van der Waals surface area contributed by atoms with Crippen LogP contribution >= 0.6 is 0 Å². The van der Waals surface area contributed by atoms with Crippen molar-refractivity contribution in [2.24, 2.45) is 5.14 Å². The molecule has 3 aromatic rings. The van der Waals surface area contributed by atoms with Crippen LogP contribution in [0.3, 0.4) is 0 Å². The Hall–Kier alpha value is -4.02. The number of aliphatic hydroxyl groups is 1. The van der Waals surface area contributed by atoms with Crippen LogP contribution in [-0.4, -0.2) is 37.3 Å². The number of sulfonamides is 1. The molecule has 1 aromatic heterocycles. The number of benzene rings is 2. The molecule has 1 saturated heterocycles. The maximum Gasteiger partial charge on any atom is 0.300 e. The van der Waals surface area contributed by atoms with Gasteiger partial charge in [-0.2, -0.15) is 0 Å². The van der Waals surface area contributed by atoms with E-state index in [4.69, 9.17) is 9.88 Å². The predicted octanol–water partition coefficient (Wildman–Crippen LogP) is 2.67. The van der Waals surface area contributed by atoms with Gasteiger partial charge in [-0.3, -0.25) is 19.5 Å². The quantitative estimate of drug-likeness (QED) is 0.326. The molecule has 1 amide bonds. The van der Waals surface area contributed by atoms with Crippen LogP contribution in [0, 0.1) is 6.92 Å². The number of primary sulfonamides is 1. The maximum absolute atomic E-state index is 13.2. The van der Waals surface area contributed by atoms with E-state index in [1.165, 1.54) is 42.5 Å². The van der Waals surface area contributed by atoms with E-state index in [9.17, 15) is 23.1 Å². The number of hydrogen-bond donors (Lipinski definition) is 2. The molecule has 1 aliphatic rings. The minimum absolute atomic E-state index is 0.147. The molecule has 0 spiro atoms. The average molecular weight is 480 g/mol. The van der Waals surface area contributed by atoms with Gasteiger partial charge >= 0.3 is 0 Å². The Morgan fingerprint density at radius 1 is 1.09 bits per heavy atom. The number of aryl methyl sites for hydroxylation is 1. The fourth-order valence-corrected chi connectivity index (χ4v) is 4.38. The van der Waals surface area contributed by atoms with Gasteiger partial charge in [-0.1, -0.05) is 17.7 Å². The first-order chi connectivity index (χ1) is 16.1. The van der Waals surface area contributed by atoms with Crippen molar-refractivity contribution in [2.45, 2.75) is 17.9 Å². The summed E-state index contributed by atoms with van der Waals surface area (Å²) >= 11 is 0. The van der Waals surface area contributed by atoms with Gasteiger partial charge in [0.2, 0.25) is 10.0 Å². The molecule has 0 radical (unpaired) electrons. The second-order valence-electron chi connectivity index (χ2n) is 7.67. The van der Waals surface area contributed by atoms with E-state index in [2.05, 4.69) is 4.98 Å². The molecule has 0 saturated carbocycles. The van der Waals surface area contributed by atoms with Gasteiger partial charge in [-0.05, 0) is 55.5 Å². The average Bonchev–Trinajstić information content (AvgIpc) is 3.09. The minimum Gasteiger partial charge on any atom is -0.507 e. The third-order valence-corrected chi connectivity index (χ3v) is 6.40. The molecule has 1 fully saturated rings. The first-order valence-electron chi connectivity index (χ1n) is 10.1. The fraction of sp³-hybridized carbons (Fsp3) is 0.125. The number of carbonyl (C=O) groups excluding carboxylic acids is 2. The van der Waals surface area contributed by atoms with Crippen LogP contribution in [-0.2, 0) is 19.6 Å². The zero-order valence-electron chi connectivity index (χ0n) is 18.3. The highest BCUT2D eigenvalue weighted by Gasteiger charge is 2.47. The zero-order chi connectivity index (χ0) is 24.6. The number of aromatic nitrogens is 1. The summed E-state index contributed by atoms with van der Waals surface area (Å²) in [5, 5.41) is 16.4. The lowest BCUT2D eigenvalue weighted by Crippen LogP contribution is -2.29. The summed E-state index contributed by atoms with van der Waals surface area (Å²) < 4.78 is 28.6. The smallest absolute Gasteiger partial charge is 0.300 e. The number of anilines is 1.